The molecule has 8 nitrogen and oxygen atoms in total. The smallest absolute Gasteiger partial charge is 0.405 e. The summed E-state index contributed by atoms with van der Waals surface area (Å²) >= 11 is 4.62. The summed E-state index contributed by atoms with van der Waals surface area (Å²) in [5.41, 5.74) is 7.84. The van der Waals surface area contributed by atoms with E-state index in [4.69, 9.17) is 15.9 Å². The number of imidazole rings is 1. The molecule has 2 heterocycles. The van der Waals surface area contributed by atoms with Gasteiger partial charge in [0.25, 0.3) is 5.17 Å². The van der Waals surface area contributed by atoms with Gasteiger partial charge >= 0.3 is 12.2 Å². The van der Waals surface area contributed by atoms with E-state index in [9.17, 15) is 18.0 Å². The van der Waals surface area contributed by atoms with Crippen molar-refractivity contribution in [3.63, 3.8) is 0 Å². The van der Waals surface area contributed by atoms with Gasteiger partial charge in [-0.05, 0) is 36.5 Å². The number of rotatable bonds is 4. The highest BCUT2D eigenvalue weighted by Gasteiger charge is 2.27. The molecule has 0 radical (unpaired) electrons. The van der Waals surface area contributed by atoms with E-state index in [2.05, 4.69) is 22.5 Å². The molecule has 5 N–H and O–H groups in total. The first-order chi connectivity index (χ1) is 14.1. The number of benzene rings is 1. The number of ether oxygens (including phenoxy) is 1. The molecule has 3 rings (SSSR count). The summed E-state index contributed by atoms with van der Waals surface area (Å²) in [6.07, 6.45) is -1.24. The zero-order chi connectivity index (χ0) is 21.9. The second-order valence-electron chi connectivity index (χ2n) is 6.04. The summed E-state index contributed by atoms with van der Waals surface area (Å²) in [4.78, 5) is 15.9. The Morgan fingerprint density at radius 1 is 1.30 bits per heavy atom. The van der Waals surface area contributed by atoms with Crippen LogP contribution in [0.15, 0.2) is 48.8 Å². The number of amides is 2. The minimum Gasteiger partial charge on any atom is -0.413 e. The predicted molar refractivity (Wildman–Crippen MR) is 108 cm³/mol. The van der Waals surface area contributed by atoms with Crippen LogP contribution in [-0.4, -0.2) is 39.2 Å². The van der Waals surface area contributed by atoms with Gasteiger partial charge in [0, 0.05) is 23.0 Å². The quantitative estimate of drug-likeness (QED) is 0.285. The summed E-state index contributed by atoms with van der Waals surface area (Å²) in [5.74, 6) is -0.217. The number of hydrogen-bond acceptors (Lipinski definition) is 5. The second kappa shape index (κ2) is 8.37. The lowest BCUT2D eigenvalue weighted by Gasteiger charge is -2.11. The molecule has 12 heteroatoms. The molecule has 0 aliphatic carbocycles. The third kappa shape index (κ3) is 5.23. The van der Waals surface area contributed by atoms with Crippen molar-refractivity contribution in [3.05, 3.63) is 54.4 Å². The Balaban J connectivity index is 1.81. The molecule has 0 saturated carbocycles. The molecule has 0 atom stereocenters. The lowest BCUT2D eigenvalue weighted by atomic mass is 10.1. The van der Waals surface area contributed by atoms with Crippen molar-refractivity contribution in [2.45, 2.75) is 6.18 Å². The third-order valence-electron chi connectivity index (χ3n) is 3.84. The first-order valence-electron chi connectivity index (χ1n) is 8.38. The van der Waals surface area contributed by atoms with E-state index in [0.717, 1.165) is 0 Å². The fourth-order valence-electron chi connectivity index (χ4n) is 2.61. The molecular weight excluding hydrogens is 421 g/mol. The lowest BCUT2D eigenvalue weighted by molar-refractivity contribution is -0.122. The highest BCUT2D eigenvalue weighted by molar-refractivity contribution is 7.80. The van der Waals surface area contributed by atoms with Gasteiger partial charge in [-0.15, -0.1) is 0 Å². The van der Waals surface area contributed by atoms with Crippen LogP contribution in [0.3, 0.4) is 0 Å². The maximum Gasteiger partial charge on any atom is 0.405 e. The van der Waals surface area contributed by atoms with Crippen LogP contribution in [0.1, 0.15) is 5.56 Å². The molecule has 2 amide bonds. The van der Waals surface area contributed by atoms with Gasteiger partial charge in [0.05, 0.1) is 11.9 Å². The normalized spacial score (nSPS) is 11.2. The number of alkyl halides is 3. The van der Waals surface area contributed by atoms with Crippen LogP contribution in [0.2, 0.25) is 0 Å². The molecule has 0 unspecified atom stereocenters. The Hall–Kier alpha value is -3.67. The Labute approximate surface area is 173 Å². The summed E-state index contributed by atoms with van der Waals surface area (Å²) < 4.78 is 43.3. The topological polar surface area (TPSA) is 118 Å². The monoisotopic (exact) mass is 436 g/mol. The van der Waals surface area contributed by atoms with Gasteiger partial charge in [0.15, 0.2) is 0 Å². The molecule has 0 aliphatic rings. The zero-order valence-electron chi connectivity index (χ0n) is 15.2. The molecule has 2 aromatic heterocycles. The van der Waals surface area contributed by atoms with Gasteiger partial charge in [-0.1, -0.05) is 12.1 Å². The van der Waals surface area contributed by atoms with Crippen LogP contribution in [0.4, 0.5) is 23.7 Å². The number of carbonyl (C=O) groups excluding carboxylic acids is 1. The first-order valence-corrected chi connectivity index (χ1v) is 8.78. The van der Waals surface area contributed by atoms with Crippen LogP contribution >= 0.6 is 12.2 Å². The van der Waals surface area contributed by atoms with Gasteiger partial charge in [0.2, 0.25) is 5.90 Å². The Bertz CT molecular complexity index is 1130. The molecule has 0 aliphatic heterocycles. The minimum atomic E-state index is -4.50. The number of nitrogens with one attached hydrogen (secondary N) is 3. The van der Waals surface area contributed by atoms with E-state index in [-0.39, 0.29) is 11.1 Å². The molecule has 30 heavy (non-hydrogen) atoms. The van der Waals surface area contributed by atoms with E-state index in [0.29, 0.717) is 28.2 Å². The van der Waals surface area contributed by atoms with Gasteiger partial charge in [-0.25, -0.2) is 9.78 Å². The molecule has 3 aromatic rings. The number of fused-ring (bicyclic) bond motifs is 1. The van der Waals surface area contributed by atoms with Gasteiger partial charge < -0.3 is 21.1 Å². The number of carbonyl (C=O) groups is 1. The van der Waals surface area contributed by atoms with Crippen molar-refractivity contribution < 1.29 is 22.7 Å². The standard InChI is InChI=1S/C18H15F3N6O2S/c19-18(20,21)9-25-17(28)26-12-3-1-2-10(6-12)13-8-24-14-7-11(4-5-27(13)14)15(22)29-16(23)30/h1-8,22H,9H2,(H2,23,30)(H2,25,26,28). The van der Waals surface area contributed by atoms with E-state index >= 15 is 0 Å². The number of thiocarbonyl (C=S) groups is 1. The fourth-order valence-corrected chi connectivity index (χ4v) is 2.69. The summed E-state index contributed by atoms with van der Waals surface area (Å²) in [6.45, 7) is -1.43. The molecule has 0 fully saturated rings. The largest absolute Gasteiger partial charge is 0.413 e. The number of nitrogens with zero attached hydrogens (tertiary/aromatic N) is 2. The Kier molecular flexibility index (Phi) is 5.87. The van der Waals surface area contributed by atoms with Crippen molar-refractivity contribution in [1.29, 1.82) is 5.41 Å². The fraction of sp³-hybridized carbons (Fsp3) is 0.111. The molecule has 0 spiro atoms. The zero-order valence-corrected chi connectivity index (χ0v) is 16.0. The van der Waals surface area contributed by atoms with Crippen molar-refractivity contribution in [3.8, 4) is 11.3 Å². The molecule has 1 aromatic carbocycles. The van der Waals surface area contributed by atoms with Gasteiger partial charge in [-0.3, -0.25) is 9.81 Å². The van der Waals surface area contributed by atoms with Crippen molar-refractivity contribution in [1.82, 2.24) is 14.7 Å². The Morgan fingerprint density at radius 3 is 2.77 bits per heavy atom. The minimum absolute atomic E-state index is 0.217. The molecule has 156 valence electrons. The highest BCUT2D eigenvalue weighted by Crippen LogP contribution is 2.24. The van der Waals surface area contributed by atoms with Crippen molar-refractivity contribution in [2.24, 2.45) is 5.73 Å². The second-order valence-corrected chi connectivity index (χ2v) is 6.44. The average molecular weight is 436 g/mol. The summed E-state index contributed by atoms with van der Waals surface area (Å²) in [7, 11) is 0. The Morgan fingerprint density at radius 2 is 2.07 bits per heavy atom. The molecule has 0 saturated heterocycles. The highest BCUT2D eigenvalue weighted by atomic mass is 32.1. The summed E-state index contributed by atoms with van der Waals surface area (Å²) in [5, 5.41) is 11.7. The number of aromatic nitrogens is 2. The average Bonchev–Trinajstić information content (AvgIpc) is 3.09. The number of anilines is 1. The third-order valence-corrected chi connectivity index (χ3v) is 3.93. The maximum absolute atomic E-state index is 12.2. The number of pyridine rings is 1. The first kappa shape index (κ1) is 21.0. The molecule has 0 bridgehead atoms. The van der Waals surface area contributed by atoms with E-state index < -0.39 is 18.8 Å². The van der Waals surface area contributed by atoms with Crippen molar-refractivity contribution in [2.75, 3.05) is 11.9 Å². The number of halogens is 3. The molecular formula is C18H15F3N6O2S. The predicted octanol–water partition coefficient (Wildman–Crippen LogP) is 3.27. The van der Waals surface area contributed by atoms with E-state index in [1.807, 2.05) is 0 Å². The maximum atomic E-state index is 12.2. The van der Waals surface area contributed by atoms with Gasteiger partial charge in [0.1, 0.15) is 12.2 Å². The number of hydrogen-bond donors (Lipinski definition) is 4. The van der Waals surface area contributed by atoms with Crippen LogP contribution in [0.25, 0.3) is 16.9 Å². The van der Waals surface area contributed by atoms with Crippen LogP contribution in [-0.2, 0) is 4.74 Å². The van der Waals surface area contributed by atoms with Crippen LogP contribution < -0.4 is 16.4 Å². The summed E-state index contributed by atoms with van der Waals surface area (Å²) in [6, 6.07) is 8.81. The number of urea groups is 1. The van der Waals surface area contributed by atoms with Crippen molar-refractivity contribution >= 4 is 40.7 Å². The van der Waals surface area contributed by atoms with Crippen LogP contribution in [0, 0.1) is 5.41 Å². The van der Waals surface area contributed by atoms with E-state index in [1.54, 1.807) is 58.5 Å². The van der Waals surface area contributed by atoms with Crippen LogP contribution in [0.5, 0.6) is 0 Å². The van der Waals surface area contributed by atoms with Gasteiger partial charge in [-0.2, -0.15) is 13.2 Å². The number of nitrogens with two attached hydrogens (primary N) is 1. The van der Waals surface area contributed by atoms with E-state index in [1.165, 1.54) is 0 Å². The SMILES string of the molecule is N=C(OC(N)=S)c1ccn2c(-c3cccc(NC(=O)NCC(F)(F)F)c3)cnc2c1. The lowest BCUT2D eigenvalue weighted by Crippen LogP contribution is -2.36.